The Hall–Kier alpha value is -2.09. The highest BCUT2D eigenvalue weighted by Gasteiger charge is 2.47. The van der Waals surface area contributed by atoms with Crippen LogP contribution in [0.4, 0.5) is 13.2 Å². The molecule has 3 aliphatic rings. The van der Waals surface area contributed by atoms with Crippen LogP contribution in [-0.2, 0) is 16.0 Å². The standard InChI is InChI=1S/C23H30F3N3O2/c24-17-11-19(26)18(25)8-15(17)7-16(27)10-22(30)29-20-4-2-1-3-14(20)9-21(29)23(31)28-12-13-5-6-13/h8,11,13-14,16,20-21H,1-7,9-10,12,27H2,(H,28,31)/t14-,16+,20-,21-/m0/s1. The van der Waals surface area contributed by atoms with E-state index in [1.165, 1.54) is 0 Å². The Morgan fingerprint density at radius 3 is 2.52 bits per heavy atom. The van der Waals surface area contributed by atoms with Crippen molar-refractivity contribution in [2.75, 3.05) is 6.54 Å². The lowest BCUT2D eigenvalue weighted by Gasteiger charge is -2.34. The van der Waals surface area contributed by atoms with Crippen LogP contribution in [0.1, 0.15) is 56.9 Å². The number of benzene rings is 1. The first-order valence-electron chi connectivity index (χ1n) is 11.3. The molecule has 1 aliphatic heterocycles. The van der Waals surface area contributed by atoms with Crippen molar-refractivity contribution < 1.29 is 22.8 Å². The molecule has 3 N–H and O–H groups in total. The molecule has 0 unspecified atom stereocenters. The number of nitrogens with two attached hydrogens (primary N) is 1. The Morgan fingerprint density at radius 2 is 1.77 bits per heavy atom. The molecular weight excluding hydrogens is 407 g/mol. The van der Waals surface area contributed by atoms with Crippen LogP contribution in [0.3, 0.4) is 0 Å². The molecule has 5 nitrogen and oxygen atoms in total. The monoisotopic (exact) mass is 437 g/mol. The molecule has 1 saturated heterocycles. The first kappa shape index (κ1) is 22.1. The predicted molar refractivity (Wildman–Crippen MR) is 109 cm³/mol. The first-order chi connectivity index (χ1) is 14.8. The van der Waals surface area contributed by atoms with Gasteiger partial charge in [0.15, 0.2) is 11.6 Å². The molecule has 2 amide bonds. The van der Waals surface area contributed by atoms with E-state index in [2.05, 4.69) is 5.32 Å². The van der Waals surface area contributed by atoms with Crippen LogP contribution >= 0.6 is 0 Å². The molecule has 3 fully saturated rings. The molecular formula is C23H30F3N3O2. The summed E-state index contributed by atoms with van der Waals surface area (Å²) in [5, 5.41) is 3.00. The quantitative estimate of drug-likeness (QED) is 0.644. The van der Waals surface area contributed by atoms with Crippen LogP contribution in [-0.4, -0.2) is 41.4 Å². The van der Waals surface area contributed by atoms with Gasteiger partial charge < -0.3 is 16.0 Å². The van der Waals surface area contributed by atoms with E-state index in [1.807, 2.05) is 0 Å². The molecule has 1 aromatic carbocycles. The smallest absolute Gasteiger partial charge is 0.242 e. The summed E-state index contributed by atoms with van der Waals surface area (Å²) in [7, 11) is 0. The Kier molecular flexibility index (Phi) is 6.55. The Labute approximate surface area is 180 Å². The minimum atomic E-state index is -1.26. The van der Waals surface area contributed by atoms with Crippen molar-refractivity contribution in [1.82, 2.24) is 10.2 Å². The van der Waals surface area contributed by atoms with Crippen molar-refractivity contribution in [2.24, 2.45) is 17.6 Å². The highest BCUT2D eigenvalue weighted by molar-refractivity contribution is 5.89. The second-order valence-corrected chi connectivity index (χ2v) is 9.38. The van der Waals surface area contributed by atoms with Crippen molar-refractivity contribution in [2.45, 2.75) is 75.9 Å². The third kappa shape index (κ3) is 5.05. The molecule has 4 rings (SSSR count). The van der Waals surface area contributed by atoms with E-state index in [1.54, 1.807) is 4.90 Å². The molecule has 8 heteroatoms. The molecule has 170 valence electrons. The summed E-state index contributed by atoms with van der Waals surface area (Å²) >= 11 is 0. The third-order valence-corrected chi connectivity index (χ3v) is 6.95. The summed E-state index contributed by atoms with van der Waals surface area (Å²) in [6, 6.07) is 0.0595. The molecule has 0 spiro atoms. The number of hydrogen-bond acceptors (Lipinski definition) is 3. The molecule has 0 aromatic heterocycles. The van der Waals surface area contributed by atoms with E-state index in [9.17, 15) is 22.8 Å². The molecule has 4 atom stereocenters. The summed E-state index contributed by atoms with van der Waals surface area (Å²) in [4.78, 5) is 27.8. The van der Waals surface area contributed by atoms with Gasteiger partial charge >= 0.3 is 0 Å². The van der Waals surface area contributed by atoms with Crippen LogP contribution in [0.25, 0.3) is 0 Å². The fraction of sp³-hybridized carbons (Fsp3) is 0.652. The van der Waals surface area contributed by atoms with Gasteiger partial charge in [0.2, 0.25) is 11.8 Å². The van der Waals surface area contributed by atoms with Crippen molar-refractivity contribution in [3.63, 3.8) is 0 Å². The molecule has 31 heavy (non-hydrogen) atoms. The van der Waals surface area contributed by atoms with E-state index in [4.69, 9.17) is 5.73 Å². The molecule has 1 heterocycles. The summed E-state index contributed by atoms with van der Waals surface area (Å²) in [5.74, 6) is -2.75. The summed E-state index contributed by atoms with van der Waals surface area (Å²) in [5.41, 5.74) is 6.04. The van der Waals surface area contributed by atoms with Gasteiger partial charge in [0.1, 0.15) is 11.9 Å². The largest absolute Gasteiger partial charge is 0.354 e. The van der Waals surface area contributed by atoms with Crippen LogP contribution in [0.15, 0.2) is 12.1 Å². The lowest BCUT2D eigenvalue weighted by molar-refractivity contribution is -0.141. The number of halogens is 3. The highest BCUT2D eigenvalue weighted by atomic mass is 19.2. The molecule has 1 aromatic rings. The number of likely N-dealkylation sites (tertiary alicyclic amines) is 1. The van der Waals surface area contributed by atoms with Gasteiger partial charge in [-0.2, -0.15) is 0 Å². The molecule has 2 aliphatic carbocycles. The van der Waals surface area contributed by atoms with Gasteiger partial charge in [-0.05, 0) is 62.0 Å². The van der Waals surface area contributed by atoms with Gasteiger partial charge in [0.25, 0.3) is 0 Å². The van der Waals surface area contributed by atoms with E-state index < -0.39 is 29.5 Å². The zero-order chi connectivity index (χ0) is 22.1. The maximum absolute atomic E-state index is 14.0. The summed E-state index contributed by atoms with van der Waals surface area (Å²) < 4.78 is 40.6. The maximum atomic E-state index is 14.0. The summed E-state index contributed by atoms with van der Waals surface area (Å²) in [6.45, 7) is 0.654. The zero-order valence-electron chi connectivity index (χ0n) is 17.6. The maximum Gasteiger partial charge on any atom is 0.242 e. The number of nitrogens with one attached hydrogen (secondary N) is 1. The van der Waals surface area contributed by atoms with Crippen LogP contribution in [0, 0.1) is 29.3 Å². The number of nitrogens with zero attached hydrogens (tertiary/aromatic N) is 1. The van der Waals surface area contributed by atoms with E-state index in [0.717, 1.165) is 44.6 Å². The fourth-order valence-electron chi connectivity index (χ4n) is 5.14. The SMILES string of the molecule is N[C@@H](CC(=O)N1[C@H](C(=O)NCC2CC2)C[C@@H]2CCCC[C@@H]21)Cc1cc(F)c(F)cc1F. The van der Waals surface area contributed by atoms with Crippen LogP contribution in [0.5, 0.6) is 0 Å². The van der Waals surface area contributed by atoms with Gasteiger partial charge in [-0.1, -0.05) is 12.8 Å². The van der Waals surface area contributed by atoms with Crippen molar-refractivity contribution in [1.29, 1.82) is 0 Å². The van der Waals surface area contributed by atoms with Gasteiger partial charge in [-0.15, -0.1) is 0 Å². The molecule has 0 bridgehead atoms. The van der Waals surface area contributed by atoms with Gasteiger partial charge in [-0.3, -0.25) is 9.59 Å². The number of carbonyl (C=O) groups excluding carboxylic acids is 2. The van der Waals surface area contributed by atoms with Gasteiger partial charge in [0.05, 0.1) is 0 Å². The van der Waals surface area contributed by atoms with Crippen LogP contribution in [0.2, 0.25) is 0 Å². The van der Waals surface area contributed by atoms with Crippen molar-refractivity contribution >= 4 is 11.8 Å². The minimum absolute atomic E-state index is 0.0325. The van der Waals surface area contributed by atoms with E-state index >= 15 is 0 Å². The topological polar surface area (TPSA) is 75.4 Å². The Balaban J connectivity index is 1.43. The average Bonchev–Trinajstić information content (AvgIpc) is 3.47. The van der Waals surface area contributed by atoms with Gasteiger partial charge in [0, 0.05) is 31.1 Å². The van der Waals surface area contributed by atoms with Gasteiger partial charge in [-0.25, -0.2) is 13.2 Å². The predicted octanol–water partition coefficient (Wildman–Crippen LogP) is 3.05. The number of hydrogen-bond donors (Lipinski definition) is 2. The number of carbonyl (C=O) groups is 2. The second kappa shape index (κ2) is 9.18. The normalized spacial score (nSPS) is 26.5. The van der Waals surface area contributed by atoms with Crippen molar-refractivity contribution in [3.8, 4) is 0 Å². The number of fused-ring (bicyclic) bond motifs is 1. The first-order valence-corrected chi connectivity index (χ1v) is 11.3. The Morgan fingerprint density at radius 1 is 1.06 bits per heavy atom. The lowest BCUT2D eigenvalue weighted by atomic mass is 9.84. The van der Waals surface area contributed by atoms with E-state index in [0.29, 0.717) is 30.9 Å². The van der Waals surface area contributed by atoms with Crippen LogP contribution < -0.4 is 11.1 Å². The second-order valence-electron chi connectivity index (χ2n) is 9.38. The average molecular weight is 438 g/mol. The lowest BCUT2D eigenvalue weighted by Crippen LogP contribution is -2.51. The minimum Gasteiger partial charge on any atom is -0.354 e. The Bertz CT molecular complexity index is 846. The van der Waals surface area contributed by atoms with E-state index in [-0.39, 0.29) is 36.3 Å². The third-order valence-electron chi connectivity index (χ3n) is 6.95. The zero-order valence-corrected chi connectivity index (χ0v) is 17.6. The number of rotatable bonds is 7. The molecule has 2 saturated carbocycles. The molecule has 0 radical (unpaired) electrons. The number of amides is 2. The fourth-order valence-corrected chi connectivity index (χ4v) is 5.14. The highest BCUT2D eigenvalue weighted by Crippen LogP contribution is 2.40. The summed E-state index contributed by atoms with van der Waals surface area (Å²) in [6.07, 6.45) is 6.77. The van der Waals surface area contributed by atoms with Crippen molar-refractivity contribution in [3.05, 3.63) is 35.1 Å².